The van der Waals surface area contributed by atoms with Gasteiger partial charge >= 0.3 is 5.97 Å². The van der Waals surface area contributed by atoms with Crippen molar-refractivity contribution in [1.29, 1.82) is 0 Å². The van der Waals surface area contributed by atoms with E-state index in [0.717, 1.165) is 25.3 Å². The highest BCUT2D eigenvalue weighted by Crippen LogP contribution is 2.26. The van der Waals surface area contributed by atoms with Crippen molar-refractivity contribution in [2.24, 2.45) is 0 Å². The van der Waals surface area contributed by atoms with Gasteiger partial charge in [-0.25, -0.2) is 4.79 Å². The number of ether oxygens (including phenoxy) is 1. The second kappa shape index (κ2) is 5.48. The number of nitrogens with two attached hydrogens (primary N) is 1. The maximum absolute atomic E-state index is 11.9. The third-order valence-corrected chi connectivity index (χ3v) is 3.73. The molecule has 0 bridgehead atoms. The van der Waals surface area contributed by atoms with Gasteiger partial charge < -0.3 is 20.3 Å². The first-order valence-electron chi connectivity index (χ1n) is 6.46. The molecule has 1 atom stereocenters. The highest BCUT2D eigenvalue weighted by molar-refractivity contribution is 5.97. The fourth-order valence-corrected chi connectivity index (χ4v) is 2.37. The Kier molecular flexibility index (Phi) is 3.95. The van der Waals surface area contributed by atoms with Crippen molar-refractivity contribution in [2.75, 3.05) is 44.4 Å². The Hall–Kier alpha value is -1.75. The van der Waals surface area contributed by atoms with Gasteiger partial charge in [0.15, 0.2) is 0 Å². The zero-order chi connectivity index (χ0) is 14.0. The predicted molar refractivity (Wildman–Crippen MR) is 76.5 cm³/mol. The zero-order valence-corrected chi connectivity index (χ0v) is 11.7. The Morgan fingerprint density at radius 3 is 2.79 bits per heavy atom. The fraction of sp³-hybridized carbons (Fsp3) is 0.500. The maximum atomic E-state index is 11.9. The molecule has 1 aromatic carbocycles. The summed E-state index contributed by atoms with van der Waals surface area (Å²) in [6.07, 6.45) is 0. The van der Waals surface area contributed by atoms with Crippen LogP contribution in [0.2, 0.25) is 0 Å². The minimum atomic E-state index is -0.339. The summed E-state index contributed by atoms with van der Waals surface area (Å²) in [4.78, 5) is 16.4. The summed E-state index contributed by atoms with van der Waals surface area (Å²) in [5, 5.41) is 0. The first-order chi connectivity index (χ1) is 9.02. The SMILES string of the molecule is COC(=O)c1cc(N)ccc1N1CCN(C)C(C)C1. The number of nitrogen functional groups attached to an aromatic ring is 1. The van der Waals surface area contributed by atoms with Gasteiger partial charge in [-0.2, -0.15) is 0 Å². The highest BCUT2D eigenvalue weighted by Gasteiger charge is 2.24. The molecule has 5 heteroatoms. The number of carbonyl (C=O) groups excluding carboxylic acids is 1. The minimum absolute atomic E-state index is 0.339. The number of esters is 1. The number of benzene rings is 1. The molecule has 5 nitrogen and oxygen atoms in total. The Balaban J connectivity index is 2.31. The van der Waals surface area contributed by atoms with E-state index in [1.165, 1.54) is 7.11 Å². The van der Waals surface area contributed by atoms with Crippen molar-refractivity contribution < 1.29 is 9.53 Å². The van der Waals surface area contributed by atoms with E-state index >= 15 is 0 Å². The van der Waals surface area contributed by atoms with Crippen molar-refractivity contribution in [3.8, 4) is 0 Å². The van der Waals surface area contributed by atoms with Crippen molar-refractivity contribution in [3.05, 3.63) is 23.8 Å². The van der Waals surface area contributed by atoms with Gasteiger partial charge in [-0.05, 0) is 32.2 Å². The van der Waals surface area contributed by atoms with Crippen LogP contribution in [0.3, 0.4) is 0 Å². The van der Waals surface area contributed by atoms with E-state index in [4.69, 9.17) is 10.5 Å². The van der Waals surface area contributed by atoms with Gasteiger partial charge in [0.05, 0.1) is 18.4 Å². The Labute approximate surface area is 113 Å². The molecule has 1 saturated heterocycles. The summed E-state index contributed by atoms with van der Waals surface area (Å²) >= 11 is 0. The highest BCUT2D eigenvalue weighted by atomic mass is 16.5. The number of hydrogen-bond donors (Lipinski definition) is 1. The second-order valence-electron chi connectivity index (χ2n) is 5.04. The molecule has 0 spiro atoms. The molecule has 0 amide bonds. The number of anilines is 2. The first kappa shape index (κ1) is 13.7. The van der Waals surface area contributed by atoms with Crippen LogP contribution in [-0.4, -0.2) is 50.7 Å². The number of nitrogens with zero attached hydrogens (tertiary/aromatic N) is 2. The van der Waals surface area contributed by atoms with Crippen molar-refractivity contribution in [1.82, 2.24) is 4.90 Å². The van der Waals surface area contributed by atoms with Gasteiger partial charge in [-0.3, -0.25) is 0 Å². The van der Waals surface area contributed by atoms with Crippen LogP contribution in [0.25, 0.3) is 0 Å². The van der Waals surface area contributed by atoms with Crippen molar-refractivity contribution >= 4 is 17.3 Å². The third kappa shape index (κ3) is 2.81. The van der Waals surface area contributed by atoms with Crippen LogP contribution in [0, 0.1) is 0 Å². The van der Waals surface area contributed by atoms with Crippen molar-refractivity contribution in [2.45, 2.75) is 13.0 Å². The van der Waals surface area contributed by atoms with Crippen molar-refractivity contribution in [3.63, 3.8) is 0 Å². The number of likely N-dealkylation sites (N-methyl/N-ethyl adjacent to an activating group) is 1. The summed E-state index contributed by atoms with van der Waals surface area (Å²) in [6, 6.07) is 5.87. The quantitative estimate of drug-likeness (QED) is 0.641. The zero-order valence-electron chi connectivity index (χ0n) is 11.7. The number of carbonyl (C=O) groups is 1. The van der Waals surface area contributed by atoms with E-state index in [1.54, 1.807) is 6.07 Å². The summed E-state index contributed by atoms with van der Waals surface area (Å²) in [6.45, 7) is 4.95. The van der Waals surface area contributed by atoms with Crippen LogP contribution in [0.15, 0.2) is 18.2 Å². The summed E-state index contributed by atoms with van der Waals surface area (Å²) < 4.78 is 4.84. The summed E-state index contributed by atoms with van der Waals surface area (Å²) in [5.74, 6) is -0.339. The van der Waals surface area contributed by atoms with E-state index in [1.807, 2.05) is 12.1 Å². The largest absolute Gasteiger partial charge is 0.465 e. The fourth-order valence-electron chi connectivity index (χ4n) is 2.37. The molecule has 0 radical (unpaired) electrons. The van der Waals surface area contributed by atoms with Gasteiger partial charge in [-0.15, -0.1) is 0 Å². The molecule has 2 rings (SSSR count). The maximum Gasteiger partial charge on any atom is 0.340 e. The summed E-state index contributed by atoms with van der Waals surface area (Å²) in [7, 11) is 3.51. The number of hydrogen-bond acceptors (Lipinski definition) is 5. The first-order valence-corrected chi connectivity index (χ1v) is 6.46. The van der Waals surface area contributed by atoms with E-state index in [2.05, 4.69) is 23.8 Å². The molecule has 1 aliphatic rings. The van der Waals surface area contributed by atoms with Gasteiger partial charge in [0.25, 0.3) is 0 Å². The van der Waals surface area contributed by atoms with E-state index < -0.39 is 0 Å². The molecule has 0 aliphatic carbocycles. The standard InChI is InChI=1S/C14H21N3O2/c1-10-9-17(7-6-16(10)2)13-5-4-11(15)8-12(13)14(18)19-3/h4-5,8,10H,6-7,9,15H2,1-3H3. The molecule has 1 aliphatic heterocycles. The molecule has 2 N–H and O–H groups in total. The Bertz CT molecular complexity index is 476. The van der Waals surface area contributed by atoms with E-state index in [0.29, 0.717) is 17.3 Å². The molecule has 0 saturated carbocycles. The number of methoxy groups -OCH3 is 1. The van der Waals surface area contributed by atoms with Gasteiger partial charge in [0.1, 0.15) is 0 Å². The van der Waals surface area contributed by atoms with E-state index in [-0.39, 0.29) is 5.97 Å². The molecule has 1 fully saturated rings. The van der Waals surface area contributed by atoms with Gasteiger partial charge in [0, 0.05) is 31.4 Å². The molecule has 104 valence electrons. The average Bonchev–Trinajstić information content (AvgIpc) is 2.41. The molecule has 19 heavy (non-hydrogen) atoms. The number of piperazine rings is 1. The molecular weight excluding hydrogens is 242 g/mol. The lowest BCUT2D eigenvalue weighted by Crippen LogP contribution is -2.50. The van der Waals surface area contributed by atoms with Crippen LogP contribution in [0.4, 0.5) is 11.4 Å². The lowest BCUT2D eigenvalue weighted by atomic mass is 10.1. The van der Waals surface area contributed by atoms with Crippen LogP contribution in [-0.2, 0) is 4.74 Å². The van der Waals surface area contributed by atoms with E-state index in [9.17, 15) is 4.79 Å². The Morgan fingerprint density at radius 1 is 1.42 bits per heavy atom. The average molecular weight is 263 g/mol. The minimum Gasteiger partial charge on any atom is -0.465 e. The topological polar surface area (TPSA) is 58.8 Å². The molecule has 1 aromatic rings. The smallest absolute Gasteiger partial charge is 0.340 e. The lowest BCUT2D eigenvalue weighted by Gasteiger charge is -2.39. The lowest BCUT2D eigenvalue weighted by molar-refractivity contribution is 0.0601. The second-order valence-corrected chi connectivity index (χ2v) is 5.04. The van der Waals surface area contributed by atoms with Crippen LogP contribution < -0.4 is 10.6 Å². The third-order valence-electron chi connectivity index (χ3n) is 3.73. The molecule has 1 heterocycles. The molecule has 0 aromatic heterocycles. The molecule has 1 unspecified atom stereocenters. The van der Waals surface area contributed by atoms with Gasteiger partial charge in [-0.1, -0.05) is 0 Å². The predicted octanol–water partition coefficient (Wildman–Crippen LogP) is 1.20. The molecular formula is C14H21N3O2. The van der Waals surface area contributed by atoms with Crippen LogP contribution in [0.5, 0.6) is 0 Å². The monoisotopic (exact) mass is 263 g/mol. The number of rotatable bonds is 2. The Morgan fingerprint density at radius 2 is 2.16 bits per heavy atom. The summed E-state index contributed by atoms with van der Waals surface area (Å²) in [5.41, 5.74) is 7.78. The van der Waals surface area contributed by atoms with Gasteiger partial charge in [0.2, 0.25) is 0 Å². The normalized spacial score (nSPS) is 20.4. The van der Waals surface area contributed by atoms with Crippen LogP contribution in [0.1, 0.15) is 17.3 Å². The van der Waals surface area contributed by atoms with Crippen LogP contribution >= 0.6 is 0 Å².